The van der Waals surface area contributed by atoms with Gasteiger partial charge in [0.25, 0.3) is 0 Å². The summed E-state index contributed by atoms with van der Waals surface area (Å²) in [5.74, 6) is 0.699. The summed E-state index contributed by atoms with van der Waals surface area (Å²) in [5.41, 5.74) is 7.65. The molecule has 1 amide bonds. The molecule has 5 heteroatoms. The van der Waals surface area contributed by atoms with Crippen molar-refractivity contribution in [1.29, 1.82) is 0 Å². The zero-order valence-corrected chi connectivity index (χ0v) is 11.8. The van der Waals surface area contributed by atoms with E-state index in [9.17, 15) is 4.79 Å². The third kappa shape index (κ3) is 3.84. The minimum Gasteiger partial charge on any atom is -0.361 e. The Balaban J connectivity index is 2.48. The highest BCUT2D eigenvalue weighted by atomic mass is 16.5. The van der Waals surface area contributed by atoms with E-state index in [0.29, 0.717) is 13.0 Å². The van der Waals surface area contributed by atoms with Gasteiger partial charge in [0.1, 0.15) is 5.76 Å². The molecule has 0 bridgehead atoms. The fraction of sp³-hybridized carbons (Fsp3) is 0.692. The van der Waals surface area contributed by atoms with Crippen molar-refractivity contribution in [3.63, 3.8) is 0 Å². The molecule has 0 radical (unpaired) electrons. The standard InChI is InChI=1S/C13H23N3O2/c1-8-10(9(2)18-16-8)7-15-12(17)6-11(14)13(3,4)5/h11H,6-7,14H2,1-5H3,(H,15,17). The number of carbonyl (C=O) groups is 1. The summed E-state index contributed by atoms with van der Waals surface area (Å²) in [7, 11) is 0. The number of amides is 1. The van der Waals surface area contributed by atoms with Gasteiger partial charge >= 0.3 is 0 Å². The molecule has 1 aromatic rings. The minimum absolute atomic E-state index is 0.0441. The molecular weight excluding hydrogens is 230 g/mol. The average molecular weight is 253 g/mol. The Morgan fingerprint density at radius 3 is 2.50 bits per heavy atom. The Hall–Kier alpha value is -1.36. The van der Waals surface area contributed by atoms with Gasteiger partial charge in [0, 0.05) is 24.6 Å². The molecule has 0 aliphatic heterocycles. The van der Waals surface area contributed by atoms with Crippen LogP contribution < -0.4 is 11.1 Å². The van der Waals surface area contributed by atoms with Crippen LogP contribution in [-0.2, 0) is 11.3 Å². The normalized spacial score (nSPS) is 13.4. The molecular formula is C13H23N3O2. The smallest absolute Gasteiger partial charge is 0.221 e. The van der Waals surface area contributed by atoms with Gasteiger partial charge in [-0.3, -0.25) is 4.79 Å². The van der Waals surface area contributed by atoms with Crippen molar-refractivity contribution in [3.05, 3.63) is 17.0 Å². The first-order chi connectivity index (χ1) is 8.21. The summed E-state index contributed by atoms with van der Waals surface area (Å²) in [6.45, 7) is 10.2. The first-order valence-electron chi connectivity index (χ1n) is 6.16. The molecule has 0 saturated heterocycles. The highest BCUT2D eigenvalue weighted by molar-refractivity contribution is 5.76. The van der Waals surface area contributed by atoms with Gasteiger partial charge in [-0.15, -0.1) is 0 Å². The summed E-state index contributed by atoms with van der Waals surface area (Å²) in [4.78, 5) is 11.8. The summed E-state index contributed by atoms with van der Waals surface area (Å²) >= 11 is 0. The maximum absolute atomic E-state index is 11.8. The van der Waals surface area contributed by atoms with Crippen LogP contribution in [0.2, 0.25) is 0 Å². The van der Waals surface area contributed by atoms with E-state index < -0.39 is 0 Å². The van der Waals surface area contributed by atoms with Gasteiger partial charge in [-0.1, -0.05) is 25.9 Å². The fourth-order valence-corrected chi connectivity index (χ4v) is 1.52. The third-order valence-electron chi connectivity index (χ3n) is 3.16. The lowest BCUT2D eigenvalue weighted by atomic mass is 9.85. The van der Waals surface area contributed by atoms with Crippen LogP contribution in [0.3, 0.4) is 0 Å². The number of hydrogen-bond acceptors (Lipinski definition) is 4. The Bertz CT molecular complexity index is 399. The van der Waals surface area contributed by atoms with Crippen LogP contribution in [0, 0.1) is 19.3 Å². The molecule has 3 N–H and O–H groups in total. The van der Waals surface area contributed by atoms with Crippen LogP contribution in [0.25, 0.3) is 0 Å². The van der Waals surface area contributed by atoms with Gasteiger partial charge in [0.05, 0.1) is 5.69 Å². The lowest BCUT2D eigenvalue weighted by molar-refractivity contribution is -0.122. The highest BCUT2D eigenvalue weighted by Gasteiger charge is 2.23. The Kier molecular flexibility index (Phi) is 4.51. The molecule has 1 rings (SSSR count). The van der Waals surface area contributed by atoms with E-state index in [0.717, 1.165) is 17.0 Å². The maximum atomic E-state index is 11.8. The summed E-state index contributed by atoms with van der Waals surface area (Å²) in [6, 6.07) is -0.151. The number of carbonyl (C=O) groups excluding carboxylic acids is 1. The van der Waals surface area contributed by atoms with E-state index in [1.54, 1.807) is 0 Å². The quantitative estimate of drug-likeness (QED) is 0.855. The van der Waals surface area contributed by atoms with Crippen LogP contribution in [-0.4, -0.2) is 17.1 Å². The van der Waals surface area contributed by atoms with E-state index >= 15 is 0 Å². The summed E-state index contributed by atoms with van der Waals surface area (Å²) < 4.78 is 5.04. The van der Waals surface area contributed by atoms with Gasteiger partial charge in [-0.25, -0.2) is 0 Å². The monoisotopic (exact) mass is 253 g/mol. The van der Waals surface area contributed by atoms with Crippen molar-refractivity contribution < 1.29 is 9.32 Å². The van der Waals surface area contributed by atoms with Gasteiger partial charge in [-0.2, -0.15) is 0 Å². The molecule has 0 saturated carbocycles. The van der Waals surface area contributed by atoms with Gasteiger partial charge < -0.3 is 15.6 Å². The van der Waals surface area contributed by atoms with Crippen LogP contribution in [0.1, 0.15) is 44.2 Å². The highest BCUT2D eigenvalue weighted by Crippen LogP contribution is 2.19. The van der Waals surface area contributed by atoms with Crippen molar-refractivity contribution in [2.75, 3.05) is 0 Å². The second-order valence-electron chi connectivity index (χ2n) is 5.76. The van der Waals surface area contributed by atoms with E-state index in [1.807, 2.05) is 34.6 Å². The van der Waals surface area contributed by atoms with E-state index in [-0.39, 0.29) is 17.4 Å². The average Bonchev–Trinajstić information content (AvgIpc) is 2.54. The first kappa shape index (κ1) is 14.7. The number of aryl methyl sites for hydroxylation is 2. The van der Waals surface area contributed by atoms with Crippen LogP contribution in [0.15, 0.2) is 4.52 Å². The molecule has 5 nitrogen and oxygen atoms in total. The van der Waals surface area contributed by atoms with Crippen molar-refractivity contribution in [3.8, 4) is 0 Å². The van der Waals surface area contributed by atoms with E-state index in [2.05, 4.69) is 10.5 Å². The molecule has 0 fully saturated rings. The SMILES string of the molecule is Cc1noc(C)c1CNC(=O)CC(N)C(C)(C)C. The van der Waals surface area contributed by atoms with Crippen molar-refractivity contribution in [2.24, 2.45) is 11.1 Å². The molecule has 1 unspecified atom stereocenters. The van der Waals surface area contributed by atoms with Gasteiger partial charge in [0.2, 0.25) is 5.91 Å². The lowest BCUT2D eigenvalue weighted by Gasteiger charge is -2.26. The molecule has 1 aromatic heterocycles. The van der Waals surface area contributed by atoms with Crippen molar-refractivity contribution >= 4 is 5.91 Å². The first-order valence-corrected chi connectivity index (χ1v) is 6.16. The topological polar surface area (TPSA) is 81.2 Å². The molecule has 0 aromatic carbocycles. The minimum atomic E-state index is -0.151. The summed E-state index contributed by atoms with van der Waals surface area (Å²) in [5, 5.41) is 6.69. The Morgan fingerprint density at radius 2 is 2.06 bits per heavy atom. The lowest BCUT2D eigenvalue weighted by Crippen LogP contribution is -2.40. The maximum Gasteiger partial charge on any atom is 0.221 e. The molecule has 0 spiro atoms. The number of rotatable bonds is 4. The number of nitrogens with one attached hydrogen (secondary N) is 1. The second kappa shape index (κ2) is 5.52. The van der Waals surface area contributed by atoms with Crippen molar-refractivity contribution in [1.82, 2.24) is 10.5 Å². The number of hydrogen-bond donors (Lipinski definition) is 2. The predicted molar refractivity (Wildman–Crippen MR) is 69.9 cm³/mol. The Labute approximate surface area is 108 Å². The molecule has 1 heterocycles. The number of nitrogens with zero attached hydrogens (tertiary/aromatic N) is 1. The van der Waals surface area contributed by atoms with Crippen LogP contribution >= 0.6 is 0 Å². The fourth-order valence-electron chi connectivity index (χ4n) is 1.52. The summed E-state index contributed by atoms with van der Waals surface area (Å²) in [6.07, 6.45) is 0.326. The third-order valence-corrected chi connectivity index (χ3v) is 3.16. The molecule has 0 aliphatic carbocycles. The number of aromatic nitrogens is 1. The molecule has 0 aliphatic rings. The second-order valence-corrected chi connectivity index (χ2v) is 5.76. The predicted octanol–water partition coefficient (Wildman–Crippen LogP) is 1.67. The van der Waals surface area contributed by atoms with E-state index in [1.165, 1.54) is 0 Å². The molecule has 18 heavy (non-hydrogen) atoms. The molecule has 1 atom stereocenters. The molecule has 102 valence electrons. The van der Waals surface area contributed by atoms with Gasteiger partial charge in [-0.05, 0) is 19.3 Å². The number of nitrogens with two attached hydrogens (primary N) is 1. The zero-order chi connectivity index (χ0) is 13.9. The Morgan fingerprint density at radius 1 is 1.44 bits per heavy atom. The van der Waals surface area contributed by atoms with Crippen LogP contribution in [0.4, 0.5) is 0 Å². The largest absolute Gasteiger partial charge is 0.361 e. The van der Waals surface area contributed by atoms with Crippen LogP contribution in [0.5, 0.6) is 0 Å². The van der Waals surface area contributed by atoms with E-state index in [4.69, 9.17) is 10.3 Å². The zero-order valence-electron chi connectivity index (χ0n) is 11.8. The van der Waals surface area contributed by atoms with Gasteiger partial charge in [0.15, 0.2) is 0 Å². The van der Waals surface area contributed by atoms with Crippen molar-refractivity contribution in [2.45, 2.75) is 53.6 Å².